The fourth-order valence-corrected chi connectivity index (χ4v) is 1.45. The fraction of sp³-hybridized carbons (Fsp3) is 0.462. The van der Waals surface area contributed by atoms with Crippen LogP contribution in [0, 0.1) is 0 Å². The van der Waals surface area contributed by atoms with Crippen molar-refractivity contribution in [2.45, 2.75) is 6.61 Å². The Morgan fingerprint density at radius 1 is 1.06 bits per heavy atom. The highest BCUT2D eigenvalue weighted by molar-refractivity contribution is 7.80. The number of hydrogen-bond donors (Lipinski definition) is 1. The molecule has 0 aliphatic rings. The molecule has 1 aromatic rings. The van der Waals surface area contributed by atoms with Gasteiger partial charge in [-0.2, -0.15) is 0 Å². The molecule has 0 amide bonds. The molecule has 0 spiro atoms. The lowest BCUT2D eigenvalue weighted by Crippen LogP contribution is -2.09. The van der Waals surface area contributed by atoms with Crippen LogP contribution in [0.15, 0.2) is 24.3 Å². The van der Waals surface area contributed by atoms with Crippen LogP contribution in [0.4, 0.5) is 0 Å². The molecule has 0 saturated carbocycles. The molecule has 5 heteroatoms. The molecule has 0 unspecified atom stereocenters. The van der Waals surface area contributed by atoms with Crippen LogP contribution in [0.25, 0.3) is 0 Å². The normalized spacial score (nSPS) is 10.5. The SMILES string of the molecule is COCCOCCOCc1ccc(C(N)=S)cc1. The van der Waals surface area contributed by atoms with Crippen LogP contribution < -0.4 is 5.73 Å². The largest absolute Gasteiger partial charge is 0.389 e. The minimum Gasteiger partial charge on any atom is -0.389 e. The van der Waals surface area contributed by atoms with Crippen molar-refractivity contribution in [3.05, 3.63) is 35.4 Å². The number of nitrogens with two attached hydrogens (primary N) is 1. The molecule has 0 aliphatic carbocycles. The van der Waals surface area contributed by atoms with Crippen LogP contribution in [0.5, 0.6) is 0 Å². The van der Waals surface area contributed by atoms with Crippen molar-refractivity contribution >= 4 is 17.2 Å². The van der Waals surface area contributed by atoms with Gasteiger partial charge >= 0.3 is 0 Å². The molecule has 0 radical (unpaired) electrons. The highest BCUT2D eigenvalue weighted by Gasteiger charge is 1.97. The van der Waals surface area contributed by atoms with E-state index in [4.69, 9.17) is 32.2 Å². The van der Waals surface area contributed by atoms with E-state index >= 15 is 0 Å². The topological polar surface area (TPSA) is 53.7 Å². The van der Waals surface area contributed by atoms with Crippen molar-refractivity contribution < 1.29 is 14.2 Å². The zero-order valence-corrected chi connectivity index (χ0v) is 11.4. The van der Waals surface area contributed by atoms with E-state index in [-0.39, 0.29) is 0 Å². The third kappa shape index (κ3) is 6.07. The van der Waals surface area contributed by atoms with Gasteiger partial charge in [-0.1, -0.05) is 36.5 Å². The van der Waals surface area contributed by atoms with E-state index in [1.54, 1.807) is 7.11 Å². The predicted molar refractivity (Wildman–Crippen MR) is 74.7 cm³/mol. The molecule has 0 aromatic heterocycles. The van der Waals surface area contributed by atoms with E-state index in [0.29, 0.717) is 38.0 Å². The Hall–Kier alpha value is -1.01. The first-order valence-electron chi connectivity index (χ1n) is 5.77. The first-order valence-corrected chi connectivity index (χ1v) is 6.18. The lowest BCUT2D eigenvalue weighted by atomic mass is 10.1. The maximum atomic E-state index is 5.52. The van der Waals surface area contributed by atoms with Gasteiger partial charge < -0.3 is 19.9 Å². The van der Waals surface area contributed by atoms with E-state index in [1.165, 1.54) is 0 Å². The van der Waals surface area contributed by atoms with Gasteiger partial charge in [0, 0.05) is 12.7 Å². The minimum absolute atomic E-state index is 0.411. The molecule has 0 atom stereocenters. The molecule has 0 saturated heterocycles. The van der Waals surface area contributed by atoms with Crippen molar-refractivity contribution in [1.82, 2.24) is 0 Å². The smallest absolute Gasteiger partial charge is 0.103 e. The van der Waals surface area contributed by atoms with Gasteiger partial charge in [-0.3, -0.25) is 0 Å². The Kier molecular flexibility index (Phi) is 7.52. The van der Waals surface area contributed by atoms with Crippen molar-refractivity contribution in [2.24, 2.45) is 5.73 Å². The summed E-state index contributed by atoms with van der Waals surface area (Å²) in [5.41, 5.74) is 7.48. The van der Waals surface area contributed by atoms with Crippen molar-refractivity contribution in [1.29, 1.82) is 0 Å². The summed E-state index contributed by atoms with van der Waals surface area (Å²) in [6.07, 6.45) is 0. The monoisotopic (exact) mass is 269 g/mol. The van der Waals surface area contributed by atoms with Gasteiger partial charge in [-0.15, -0.1) is 0 Å². The summed E-state index contributed by atoms with van der Waals surface area (Å²) in [6.45, 7) is 2.92. The number of benzene rings is 1. The number of hydrogen-bond acceptors (Lipinski definition) is 4. The summed E-state index contributed by atoms with van der Waals surface area (Å²) < 4.78 is 15.6. The lowest BCUT2D eigenvalue weighted by Gasteiger charge is -2.06. The highest BCUT2D eigenvalue weighted by Crippen LogP contribution is 2.05. The van der Waals surface area contributed by atoms with E-state index < -0.39 is 0 Å². The van der Waals surface area contributed by atoms with Crippen LogP contribution in [-0.2, 0) is 20.8 Å². The third-order valence-corrected chi connectivity index (χ3v) is 2.55. The van der Waals surface area contributed by atoms with Crippen LogP contribution >= 0.6 is 12.2 Å². The Labute approximate surface area is 113 Å². The van der Waals surface area contributed by atoms with Gasteiger partial charge in [0.25, 0.3) is 0 Å². The minimum atomic E-state index is 0.411. The van der Waals surface area contributed by atoms with Gasteiger partial charge in [0.15, 0.2) is 0 Å². The van der Waals surface area contributed by atoms with Gasteiger partial charge in [0.2, 0.25) is 0 Å². The Morgan fingerprint density at radius 3 is 2.28 bits per heavy atom. The summed E-state index contributed by atoms with van der Waals surface area (Å²) in [6, 6.07) is 7.72. The number of ether oxygens (including phenoxy) is 3. The summed E-state index contributed by atoms with van der Waals surface area (Å²) in [4.78, 5) is 0.411. The molecule has 1 aromatic carbocycles. The second-order valence-corrected chi connectivity index (χ2v) is 4.16. The van der Waals surface area contributed by atoms with Crippen LogP contribution in [0.1, 0.15) is 11.1 Å². The van der Waals surface area contributed by atoms with Crippen LogP contribution in [-0.4, -0.2) is 38.5 Å². The van der Waals surface area contributed by atoms with E-state index in [2.05, 4.69) is 0 Å². The average molecular weight is 269 g/mol. The van der Waals surface area contributed by atoms with Gasteiger partial charge in [-0.25, -0.2) is 0 Å². The first kappa shape index (κ1) is 15.0. The van der Waals surface area contributed by atoms with Crippen molar-refractivity contribution in [2.75, 3.05) is 33.5 Å². The predicted octanol–water partition coefficient (Wildman–Crippen LogP) is 1.50. The lowest BCUT2D eigenvalue weighted by molar-refractivity contribution is 0.0199. The summed E-state index contributed by atoms with van der Waals surface area (Å²) in [5, 5.41) is 0. The molecule has 0 aliphatic heterocycles. The van der Waals surface area contributed by atoms with Gasteiger partial charge in [-0.05, 0) is 5.56 Å². The molecule has 0 bridgehead atoms. The molecule has 1 rings (SSSR count). The molecule has 4 nitrogen and oxygen atoms in total. The van der Waals surface area contributed by atoms with E-state index in [1.807, 2.05) is 24.3 Å². The highest BCUT2D eigenvalue weighted by atomic mass is 32.1. The molecule has 0 heterocycles. The average Bonchev–Trinajstić information content (AvgIpc) is 2.38. The third-order valence-electron chi connectivity index (χ3n) is 2.31. The zero-order chi connectivity index (χ0) is 13.2. The van der Waals surface area contributed by atoms with Gasteiger partial charge in [0.1, 0.15) is 4.99 Å². The number of rotatable bonds is 9. The Balaban J connectivity index is 2.14. The zero-order valence-electron chi connectivity index (χ0n) is 10.6. The second kappa shape index (κ2) is 8.99. The number of thiocarbonyl (C=S) groups is 1. The maximum absolute atomic E-state index is 5.52. The molecular formula is C13H19NO3S. The van der Waals surface area contributed by atoms with Crippen molar-refractivity contribution in [3.63, 3.8) is 0 Å². The van der Waals surface area contributed by atoms with Gasteiger partial charge in [0.05, 0.1) is 33.0 Å². The van der Waals surface area contributed by atoms with Crippen LogP contribution in [0.3, 0.4) is 0 Å². The quantitative estimate of drug-likeness (QED) is 0.544. The standard InChI is InChI=1S/C13H19NO3S/c1-15-6-7-16-8-9-17-10-11-2-4-12(5-3-11)13(14)18/h2-5H,6-10H2,1H3,(H2,14,18). The second-order valence-electron chi connectivity index (χ2n) is 3.72. The van der Waals surface area contributed by atoms with E-state index in [0.717, 1.165) is 11.1 Å². The van der Waals surface area contributed by atoms with Crippen LogP contribution in [0.2, 0.25) is 0 Å². The van der Waals surface area contributed by atoms with Crippen molar-refractivity contribution in [3.8, 4) is 0 Å². The molecule has 100 valence electrons. The molecular weight excluding hydrogens is 250 g/mol. The number of methoxy groups -OCH3 is 1. The first-order chi connectivity index (χ1) is 8.74. The molecule has 0 fully saturated rings. The fourth-order valence-electron chi connectivity index (χ4n) is 1.32. The molecule has 18 heavy (non-hydrogen) atoms. The molecule has 2 N–H and O–H groups in total. The summed E-state index contributed by atoms with van der Waals surface area (Å²) in [5.74, 6) is 0. The Morgan fingerprint density at radius 2 is 1.67 bits per heavy atom. The summed E-state index contributed by atoms with van der Waals surface area (Å²) >= 11 is 4.88. The summed E-state index contributed by atoms with van der Waals surface area (Å²) in [7, 11) is 1.65. The van der Waals surface area contributed by atoms with E-state index in [9.17, 15) is 0 Å². The Bertz CT molecular complexity index is 354. The maximum Gasteiger partial charge on any atom is 0.103 e.